The second kappa shape index (κ2) is 8.85. The summed E-state index contributed by atoms with van der Waals surface area (Å²) in [6.45, 7) is 0.258. The average Bonchev–Trinajstić information content (AvgIpc) is 2.73. The summed E-state index contributed by atoms with van der Waals surface area (Å²) in [5, 5.41) is 5.83. The number of anilines is 2. The summed E-state index contributed by atoms with van der Waals surface area (Å²) in [6.07, 6.45) is 1.52. The van der Waals surface area contributed by atoms with Crippen molar-refractivity contribution in [1.29, 1.82) is 0 Å². The molecule has 0 aliphatic carbocycles. The molecule has 0 bridgehead atoms. The Balaban J connectivity index is 1.73. The Hall–Kier alpha value is -3.61. The summed E-state index contributed by atoms with van der Waals surface area (Å²) in [4.78, 5) is 16.8. The maximum absolute atomic E-state index is 13.7. The monoisotopic (exact) mass is 381 g/mol. The van der Waals surface area contributed by atoms with Gasteiger partial charge in [-0.3, -0.25) is 4.79 Å². The Labute approximate surface area is 162 Å². The number of nitrogens with one attached hydrogen (secondary N) is 2. The Kier molecular flexibility index (Phi) is 6.06. The van der Waals surface area contributed by atoms with Gasteiger partial charge in [0.2, 0.25) is 0 Å². The van der Waals surface area contributed by atoms with Crippen LogP contribution in [0, 0.1) is 5.82 Å². The zero-order valence-corrected chi connectivity index (χ0v) is 15.5. The van der Waals surface area contributed by atoms with Crippen LogP contribution in [0.2, 0.25) is 0 Å². The quantitative estimate of drug-likeness (QED) is 0.645. The van der Waals surface area contributed by atoms with Gasteiger partial charge in [-0.05, 0) is 30.3 Å². The van der Waals surface area contributed by atoms with Crippen molar-refractivity contribution in [2.24, 2.45) is 0 Å². The van der Waals surface area contributed by atoms with Gasteiger partial charge in [-0.15, -0.1) is 0 Å². The Morgan fingerprint density at radius 1 is 1.07 bits per heavy atom. The first kappa shape index (κ1) is 19.2. The first-order chi connectivity index (χ1) is 13.6. The van der Waals surface area contributed by atoms with Gasteiger partial charge in [-0.1, -0.05) is 18.2 Å². The zero-order chi connectivity index (χ0) is 19.9. The number of carbonyl (C=O) groups is 1. The highest BCUT2D eigenvalue weighted by Gasteiger charge is 2.12. The van der Waals surface area contributed by atoms with Crippen molar-refractivity contribution < 1.29 is 18.7 Å². The molecule has 3 aromatic rings. The lowest BCUT2D eigenvalue weighted by molar-refractivity contribution is 0.102. The van der Waals surface area contributed by atoms with Crippen molar-refractivity contribution in [3.05, 3.63) is 77.7 Å². The molecule has 7 heteroatoms. The van der Waals surface area contributed by atoms with E-state index in [9.17, 15) is 9.18 Å². The molecule has 0 aliphatic heterocycles. The predicted octanol–water partition coefficient (Wildman–Crippen LogP) is 4.10. The van der Waals surface area contributed by atoms with Gasteiger partial charge in [0.05, 0.1) is 19.9 Å². The van der Waals surface area contributed by atoms with Gasteiger partial charge in [-0.25, -0.2) is 9.37 Å². The zero-order valence-electron chi connectivity index (χ0n) is 15.5. The SMILES string of the molecule is COc1ccc(OC)c(NC(=O)c2ccnc(NCc3ccccc3F)c2)c1. The highest BCUT2D eigenvalue weighted by Crippen LogP contribution is 2.29. The number of rotatable bonds is 7. The highest BCUT2D eigenvalue weighted by atomic mass is 19.1. The summed E-state index contributed by atoms with van der Waals surface area (Å²) >= 11 is 0. The van der Waals surface area contributed by atoms with Gasteiger partial charge in [0.1, 0.15) is 23.1 Å². The van der Waals surface area contributed by atoms with E-state index in [0.29, 0.717) is 34.1 Å². The lowest BCUT2D eigenvalue weighted by Gasteiger charge is -2.12. The molecule has 144 valence electrons. The fourth-order valence-corrected chi connectivity index (χ4v) is 2.60. The number of benzene rings is 2. The van der Waals surface area contributed by atoms with Crippen LogP contribution in [0.3, 0.4) is 0 Å². The fourth-order valence-electron chi connectivity index (χ4n) is 2.60. The number of hydrogen-bond donors (Lipinski definition) is 2. The van der Waals surface area contributed by atoms with Crippen molar-refractivity contribution in [3.63, 3.8) is 0 Å². The van der Waals surface area contributed by atoms with E-state index in [2.05, 4.69) is 15.6 Å². The van der Waals surface area contributed by atoms with Crippen LogP contribution in [-0.4, -0.2) is 25.1 Å². The van der Waals surface area contributed by atoms with E-state index in [0.717, 1.165) is 0 Å². The summed E-state index contributed by atoms with van der Waals surface area (Å²) in [5.41, 5.74) is 1.40. The number of carbonyl (C=O) groups excluding carboxylic acids is 1. The molecule has 0 atom stereocenters. The molecule has 2 N–H and O–H groups in total. The predicted molar refractivity (Wildman–Crippen MR) is 105 cm³/mol. The molecule has 0 radical (unpaired) electrons. The highest BCUT2D eigenvalue weighted by molar-refractivity contribution is 6.05. The van der Waals surface area contributed by atoms with Gasteiger partial charge >= 0.3 is 0 Å². The van der Waals surface area contributed by atoms with Crippen molar-refractivity contribution in [3.8, 4) is 11.5 Å². The molecule has 6 nitrogen and oxygen atoms in total. The molecule has 1 aromatic heterocycles. The van der Waals surface area contributed by atoms with Crippen LogP contribution in [0.1, 0.15) is 15.9 Å². The lowest BCUT2D eigenvalue weighted by atomic mass is 10.2. The molecule has 0 fully saturated rings. The molecule has 0 saturated carbocycles. The molecule has 0 saturated heterocycles. The molecule has 3 rings (SSSR count). The fraction of sp³-hybridized carbons (Fsp3) is 0.143. The van der Waals surface area contributed by atoms with E-state index < -0.39 is 0 Å². The Morgan fingerprint density at radius 3 is 2.64 bits per heavy atom. The summed E-state index contributed by atoms with van der Waals surface area (Å²) < 4.78 is 24.2. The largest absolute Gasteiger partial charge is 0.497 e. The maximum atomic E-state index is 13.7. The molecule has 0 aliphatic rings. The van der Waals surface area contributed by atoms with Crippen LogP contribution < -0.4 is 20.1 Å². The second-order valence-corrected chi connectivity index (χ2v) is 5.90. The number of aromatic nitrogens is 1. The number of halogens is 1. The molecular weight excluding hydrogens is 361 g/mol. The van der Waals surface area contributed by atoms with Crippen molar-refractivity contribution in [2.75, 3.05) is 24.9 Å². The molecule has 28 heavy (non-hydrogen) atoms. The molecule has 0 unspecified atom stereocenters. The average molecular weight is 381 g/mol. The van der Waals surface area contributed by atoms with Gasteiger partial charge in [-0.2, -0.15) is 0 Å². The molecule has 2 aromatic carbocycles. The van der Waals surface area contributed by atoms with Gasteiger partial charge in [0.25, 0.3) is 5.91 Å². The van der Waals surface area contributed by atoms with Gasteiger partial charge < -0.3 is 20.1 Å². The van der Waals surface area contributed by atoms with E-state index in [1.807, 2.05) is 0 Å². The topological polar surface area (TPSA) is 72.5 Å². The third kappa shape index (κ3) is 4.56. The van der Waals surface area contributed by atoms with Crippen molar-refractivity contribution >= 4 is 17.4 Å². The second-order valence-electron chi connectivity index (χ2n) is 5.90. The minimum absolute atomic E-state index is 0.258. The maximum Gasteiger partial charge on any atom is 0.255 e. The first-order valence-corrected chi connectivity index (χ1v) is 8.57. The van der Waals surface area contributed by atoms with E-state index in [1.54, 1.807) is 55.6 Å². The van der Waals surface area contributed by atoms with Crippen LogP contribution in [0.5, 0.6) is 11.5 Å². The van der Waals surface area contributed by atoms with E-state index >= 15 is 0 Å². The van der Waals surface area contributed by atoms with Crippen molar-refractivity contribution in [1.82, 2.24) is 4.98 Å². The molecule has 1 heterocycles. The number of amides is 1. The smallest absolute Gasteiger partial charge is 0.255 e. The number of pyridine rings is 1. The van der Waals surface area contributed by atoms with Crippen molar-refractivity contribution in [2.45, 2.75) is 6.54 Å². The van der Waals surface area contributed by atoms with Gasteiger partial charge in [0, 0.05) is 29.9 Å². The van der Waals surface area contributed by atoms with Crippen LogP contribution in [0.15, 0.2) is 60.8 Å². The minimum atomic E-state index is -0.331. The third-order valence-electron chi connectivity index (χ3n) is 4.09. The van der Waals surface area contributed by atoms with Crippen LogP contribution >= 0.6 is 0 Å². The normalized spacial score (nSPS) is 10.2. The third-order valence-corrected chi connectivity index (χ3v) is 4.09. The van der Waals surface area contributed by atoms with Gasteiger partial charge in [0.15, 0.2) is 0 Å². The summed E-state index contributed by atoms with van der Waals surface area (Å²) in [5.74, 6) is 0.949. The molecule has 1 amide bonds. The van der Waals surface area contributed by atoms with E-state index in [4.69, 9.17) is 9.47 Å². The van der Waals surface area contributed by atoms with Crippen LogP contribution in [0.25, 0.3) is 0 Å². The molecular formula is C21H20FN3O3. The number of methoxy groups -OCH3 is 2. The standard InChI is InChI=1S/C21H20FN3O3/c1-27-16-7-8-19(28-2)18(12-16)25-21(26)14-9-10-23-20(11-14)24-13-15-5-3-4-6-17(15)22/h3-12H,13H2,1-2H3,(H,23,24)(H,25,26). The first-order valence-electron chi connectivity index (χ1n) is 8.57. The number of hydrogen-bond acceptors (Lipinski definition) is 5. The molecule has 0 spiro atoms. The lowest BCUT2D eigenvalue weighted by Crippen LogP contribution is -2.13. The van der Waals surface area contributed by atoms with Crippen LogP contribution in [0.4, 0.5) is 15.9 Å². The summed E-state index contributed by atoms with van der Waals surface area (Å²) in [7, 11) is 3.07. The van der Waals surface area contributed by atoms with Crippen LogP contribution in [-0.2, 0) is 6.54 Å². The minimum Gasteiger partial charge on any atom is -0.497 e. The number of nitrogens with zero attached hydrogens (tertiary/aromatic N) is 1. The van der Waals surface area contributed by atoms with E-state index in [-0.39, 0.29) is 18.3 Å². The Morgan fingerprint density at radius 2 is 1.89 bits per heavy atom. The van der Waals surface area contributed by atoms with E-state index in [1.165, 1.54) is 19.4 Å². The Bertz CT molecular complexity index is 979. The number of ether oxygens (including phenoxy) is 2. The summed E-state index contributed by atoms with van der Waals surface area (Å²) in [6, 6.07) is 14.8.